The van der Waals surface area contributed by atoms with Gasteiger partial charge in [-0.15, -0.1) is 0 Å². The van der Waals surface area contributed by atoms with Gasteiger partial charge in [0.15, 0.2) is 5.69 Å². The number of piperidine rings is 1. The zero-order chi connectivity index (χ0) is 24.4. The molecular formula is C27H33N3O3. The van der Waals surface area contributed by atoms with Crippen LogP contribution < -0.4 is 5.32 Å². The van der Waals surface area contributed by atoms with Crippen molar-refractivity contribution in [2.75, 3.05) is 13.1 Å². The first-order chi connectivity index (χ1) is 15.4. The van der Waals surface area contributed by atoms with Crippen LogP contribution in [0.3, 0.4) is 0 Å². The van der Waals surface area contributed by atoms with E-state index in [1.807, 2.05) is 52.8 Å². The largest absolute Gasteiger partial charge is 0.384 e. The Morgan fingerprint density at radius 2 is 1.85 bits per heavy atom. The molecule has 0 aliphatic carbocycles. The molecule has 2 aromatic carbocycles. The Labute approximate surface area is 196 Å². The predicted molar refractivity (Wildman–Crippen MR) is 129 cm³/mol. The second-order valence-corrected chi connectivity index (χ2v) is 10.3. The van der Waals surface area contributed by atoms with Crippen LogP contribution in [0.25, 0.3) is 4.85 Å². The number of aliphatic hydroxyl groups is 1. The number of rotatable bonds is 5. The summed E-state index contributed by atoms with van der Waals surface area (Å²) in [7, 11) is 0. The Morgan fingerprint density at radius 1 is 1.18 bits per heavy atom. The van der Waals surface area contributed by atoms with Crippen LogP contribution in [-0.2, 0) is 10.4 Å². The van der Waals surface area contributed by atoms with Gasteiger partial charge in [-0.1, -0.05) is 50.2 Å². The normalized spacial score (nSPS) is 20.1. The third-order valence-electron chi connectivity index (χ3n) is 6.68. The molecule has 0 bridgehead atoms. The molecule has 1 saturated heterocycles. The second-order valence-electron chi connectivity index (χ2n) is 10.3. The number of hydrogen-bond donors (Lipinski definition) is 2. The lowest BCUT2D eigenvalue weighted by atomic mass is 9.66. The average molecular weight is 448 g/mol. The topological polar surface area (TPSA) is 74.0 Å². The van der Waals surface area contributed by atoms with Crippen LogP contribution in [0.15, 0.2) is 48.5 Å². The summed E-state index contributed by atoms with van der Waals surface area (Å²) in [6.45, 7) is 17.6. The minimum atomic E-state index is -1.11. The van der Waals surface area contributed by atoms with Crippen molar-refractivity contribution in [3.05, 3.63) is 76.6 Å². The van der Waals surface area contributed by atoms with Gasteiger partial charge in [-0.05, 0) is 50.5 Å². The van der Waals surface area contributed by atoms with Gasteiger partial charge in [-0.25, -0.2) is 4.85 Å². The number of carbonyl (C=O) groups excluding carboxylic acids is 2. The van der Waals surface area contributed by atoms with Crippen molar-refractivity contribution in [3.63, 3.8) is 0 Å². The summed E-state index contributed by atoms with van der Waals surface area (Å²) in [5.74, 6) is -0.261. The third-order valence-corrected chi connectivity index (χ3v) is 6.68. The van der Waals surface area contributed by atoms with Crippen LogP contribution in [0.5, 0.6) is 0 Å². The van der Waals surface area contributed by atoms with Crippen LogP contribution in [0.2, 0.25) is 0 Å². The standard InChI is InChI=1S/C27H33N3O3/c1-19-16-21(12-13-22(19)28-6)27(33)14-15-30(18-25(27,2)3)23(31)17-26(4,5)29-24(32)20-10-8-7-9-11-20/h7-13,16,33H,14-15,17-18H2,1-5H3,(H,29,32). The zero-order valence-corrected chi connectivity index (χ0v) is 20.1. The van der Waals surface area contributed by atoms with E-state index in [2.05, 4.69) is 10.2 Å². The molecule has 0 aromatic heterocycles. The number of likely N-dealkylation sites (tertiary alicyclic amines) is 1. The van der Waals surface area contributed by atoms with Gasteiger partial charge in [0, 0.05) is 36.0 Å². The highest BCUT2D eigenvalue weighted by atomic mass is 16.3. The molecule has 1 aliphatic rings. The molecule has 1 unspecified atom stereocenters. The van der Waals surface area contributed by atoms with Crippen molar-refractivity contribution in [2.24, 2.45) is 5.41 Å². The van der Waals surface area contributed by atoms with Gasteiger partial charge in [0.25, 0.3) is 5.91 Å². The molecule has 3 rings (SSSR count). The highest BCUT2D eigenvalue weighted by molar-refractivity contribution is 5.95. The van der Waals surface area contributed by atoms with E-state index in [9.17, 15) is 14.7 Å². The lowest BCUT2D eigenvalue weighted by Crippen LogP contribution is -2.58. The monoisotopic (exact) mass is 447 g/mol. The van der Waals surface area contributed by atoms with E-state index in [1.54, 1.807) is 35.2 Å². The summed E-state index contributed by atoms with van der Waals surface area (Å²) in [5.41, 5.74) is 0.334. The maximum Gasteiger partial charge on any atom is 0.251 e. The predicted octanol–water partition coefficient (Wildman–Crippen LogP) is 4.59. The Hall–Kier alpha value is -3.17. The van der Waals surface area contributed by atoms with Gasteiger partial charge in [-0.2, -0.15) is 0 Å². The van der Waals surface area contributed by atoms with E-state index in [4.69, 9.17) is 6.57 Å². The fraction of sp³-hybridized carbons (Fsp3) is 0.444. The maximum absolute atomic E-state index is 13.2. The van der Waals surface area contributed by atoms with Crippen LogP contribution in [0, 0.1) is 18.9 Å². The number of benzene rings is 2. The quantitative estimate of drug-likeness (QED) is 0.659. The summed E-state index contributed by atoms with van der Waals surface area (Å²) in [6, 6.07) is 14.4. The lowest BCUT2D eigenvalue weighted by molar-refractivity contribution is -0.154. The summed E-state index contributed by atoms with van der Waals surface area (Å²) < 4.78 is 0. The van der Waals surface area contributed by atoms with Crippen molar-refractivity contribution in [3.8, 4) is 0 Å². The van der Waals surface area contributed by atoms with E-state index < -0.39 is 16.6 Å². The summed E-state index contributed by atoms with van der Waals surface area (Å²) in [4.78, 5) is 31.0. The van der Waals surface area contributed by atoms with Crippen molar-refractivity contribution >= 4 is 17.5 Å². The van der Waals surface area contributed by atoms with Crippen LogP contribution in [-0.4, -0.2) is 40.4 Å². The van der Waals surface area contributed by atoms with E-state index in [0.29, 0.717) is 30.8 Å². The van der Waals surface area contributed by atoms with E-state index in [-0.39, 0.29) is 18.2 Å². The maximum atomic E-state index is 13.2. The van der Waals surface area contributed by atoms with Gasteiger partial charge in [0.2, 0.25) is 5.91 Å². The van der Waals surface area contributed by atoms with Gasteiger partial charge < -0.3 is 15.3 Å². The molecule has 6 nitrogen and oxygen atoms in total. The van der Waals surface area contributed by atoms with E-state index >= 15 is 0 Å². The lowest BCUT2D eigenvalue weighted by Gasteiger charge is -2.51. The molecule has 2 amide bonds. The SMILES string of the molecule is [C-]#[N+]c1ccc(C2(O)CCN(C(=O)CC(C)(C)NC(=O)c3ccccc3)CC2(C)C)cc1C. The van der Waals surface area contributed by atoms with Crippen LogP contribution >= 0.6 is 0 Å². The summed E-state index contributed by atoms with van der Waals surface area (Å²) in [5, 5.41) is 14.6. The molecule has 6 heteroatoms. The van der Waals surface area contributed by atoms with Gasteiger partial charge in [0.1, 0.15) is 0 Å². The number of amides is 2. The van der Waals surface area contributed by atoms with Gasteiger partial charge in [0.05, 0.1) is 12.2 Å². The fourth-order valence-electron chi connectivity index (χ4n) is 4.61. The minimum Gasteiger partial charge on any atom is -0.384 e. The first-order valence-corrected chi connectivity index (χ1v) is 11.2. The molecule has 2 aromatic rings. The second kappa shape index (κ2) is 8.99. The number of nitrogens with zero attached hydrogens (tertiary/aromatic N) is 2. The minimum absolute atomic E-state index is 0.0528. The number of aryl methyl sites for hydroxylation is 1. The number of carbonyl (C=O) groups is 2. The summed E-state index contributed by atoms with van der Waals surface area (Å²) in [6.07, 6.45) is 0.568. The average Bonchev–Trinajstić information content (AvgIpc) is 2.75. The van der Waals surface area contributed by atoms with Gasteiger partial charge in [-0.3, -0.25) is 9.59 Å². The molecule has 33 heavy (non-hydrogen) atoms. The first kappa shape index (κ1) is 24.5. The zero-order valence-electron chi connectivity index (χ0n) is 20.1. The smallest absolute Gasteiger partial charge is 0.251 e. The number of hydrogen-bond acceptors (Lipinski definition) is 3. The Bertz CT molecular complexity index is 1090. The molecule has 1 atom stereocenters. The molecule has 174 valence electrons. The number of nitrogens with one attached hydrogen (secondary N) is 1. The Balaban J connectivity index is 1.70. The van der Waals surface area contributed by atoms with Crippen LogP contribution in [0.1, 0.15) is 62.0 Å². The molecule has 2 N–H and O–H groups in total. The highest BCUT2D eigenvalue weighted by Crippen LogP contribution is 2.47. The van der Waals surface area contributed by atoms with Crippen molar-refractivity contribution in [1.82, 2.24) is 10.2 Å². The third kappa shape index (κ3) is 5.09. The van der Waals surface area contributed by atoms with E-state index in [1.165, 1.54) is 0 Å². The molecule has 0 spiro atoms. The Kier molecular flexibility index (Phi) is 6.67. The fourth-order valence-corrected chi connectivity index (χ4v) is 4.61. The Morgan fingerprint density at radius 3 is 2.42 bits per heavy atom. The van der Waals surface area contributed by atoms with Crippen molar-refractivity contribution in [2.45, 2.75) is 58.6 Å². The molecule has 1 aliphatic heterocycles. The first-order valence-electron chi connectivity index (χ1n) is 11.2. The molecule has 0 saturated carbocycles. The summed E-state index contributed by atoms with van der Waals surface area (Å²) >= 11 is 0. The van der Waals surface area contributed by atoms with Crippen LogP contribution in [0.4, 0.5) is 5.69 Å². The molecule has 1 heterocycles. The molecular weight excluding hydrogens is 414 g/mol. The molecule has 0 radical (unpaired) electrons. The highest BCUT2D eigenvalue weighted by Gasteiger charge is 2.50. The van der Waals surface area contributed by atoms with E-state index in [0.717, 1.165) is 11.1 Å². The van der Waals surface area contributed by atoms with Crippen molar-refractivity contribution in [1.29, 1.82) is 0 Å². The van der Waals surface area contributed by atoms with Gasteiger partial charge >= 0.3 is 0 Å². The van der Waals surface area contributed by atoms with Crippen molar-refractivity contribution < 1.29 is 14.7 Å². The molecule has 1 fully saturated rings.